The van der Waals surface area contributed by atoms with Crippen molar-refractivity contribution in [2.24, 2.45) is 23.7 Å². The summed E-state index contributed by atoms with van der Waals surface area (Å²) in [5.41, 5.74) is -6.14. The molecule has 5 aliphatic rings. The van der Waals surface area contributed by atoms with Gasteiger partial charge >= 0.3 is 5.97 Å². The largest absolute Gasteiger partial charge is 0.390 e. The smallest absolute Gasteiger partial charge is 0.313 e. The topological polar surface area (TPSA) is 155 Å². The van der Waals surface area contributed by atoms with Crippen molar-refractivity contribution in [1.82, 2.24) is 0 Å². The zero-order valence-electron chi connectivity index (χ0n) is 26.8. The molecule has 2 aliphatic heterocycles. The van der Waals surface area contributed by atoms with Crippen molar-refractivity contribution >= 4 is 5.78 Å². The van der Waals surface area contributed by atoms with Crippen molar-refractivity contribution in [2.75, 3.05) is 13.2 Å². The van der Waals surface area contributed by atoms with E-state index in [4.69, 9.17) is 18.9 Å². The van der Waals surface area contributed by atoms with Crippen LogP contribution < -0.4 is 0 Å². The molecule has 0 spiro atoms. The van der Waals surface area contributed by atoms with Gasteiger partial charge in [0.15, 0.2) is 5.78 Å². The van der Waals surface area contributed by atoms with Crippen LogP contribution in [-0.2, 0) is 29.7 Å². The molecule has 13 atom stereocenters. The van der Waals surface area contributed by atoms with Crippen LogP contribution >= 0.6 is 0 Å². The van der Waals surface area contributed by atoms with E-state index in [2.05, 4.69) is 6.58 Å². The van der Waals surface area contributed by atoms with Crippen LogP contribution in [0.4, 0.5) is 0 Å². The molecule has 3 saturated carbocycles. The third kappa shape index (κ3) is 4.46. The standard InChI is InChI=1S/C36H46O10/c1-6-7-9-15-25(37)16-12-17-43-20-32(41)29(39)27-30-33(21(2)3)19-23(5)35(27,26-18-22(4)28(38)34(26,42)31(32)40)46-36(44-30,45-33)24-13-10-8-11-14-24/h6-16,22-23,26-31,38-42H,2,17-20H2,1,3-5H3. The Hall–Kier alpha value is -2.51. The molecule has 1 aromatic carbocycles. The van der Waals surface area contributed by atoms with Crippen molar-refractivity contribution in [3.8, 4) is 0 Å². The Bertz CT molecular complexity index is 1440. The number of allylic oxidation sites excluding steroid dienone is 5. The molecule has 2 heterocycles. The summed E-state index contributed by atoms with van der Waals surface area (Å²) < 4.78 is 26.3. The lowest BCUT2D eigenvalue weighted by Gasteiger charge is -2.61. The van der Waals surface area contributed by atoms with Crippen molar-refractivity contribution in [3.05, 3.63) is 84.5 Å². The Balaban J connectivity index is 1.44. The van der Waals surface area contributed by atoms with Crippen LogP contribution in [0.5, 0.6) is 0 Å². The first-order valence-electron chi connectivity index (χ1n) is 16.1. The third-order valence-electron chi connectivity index (χ3n) is 11.3. The molecule has 3 aliphatic carbocycles. The number of fused-ring (bicyclic) bond motifs is 2. The van der Waals surface area contributed by atoms with Crippen LogP contribution in [0.25, 0.3) is 0 Å². The van der Waals surface area contributed by atoms with Gasteiger partial charge in [0.1, 0.15) is 29.0 Å². The molecule has 6 rings (SSSR count). The predicted molar refractivity (Wildman–Crippen MR) is 167 cm³/mol. The number of carbonyl (C=O) groups is 1. The van der Waals surface area contributed by atoms with E-state index in [-0.39, 0.29) is 18.8 Å². The maximum absolute atomic E-state index is 12.5. The lowest BCUT2D eigenvalue weighted by Crippen LogP contribution is -2.73. The van der Waals surface area contributed by atoms with Crippen LogP contribution in [-0.4, -0.2) is 91.3 Å². The molecule has 250 valence electrons. The fourth-order valence-electron chi connectivity index (χ4n) is 9.18. The molecule has 5 N–H and O–H groups in total. The van der Waals surface area contributed by atoms with E-state index in [0.29, 0.717) is 17.6 Å². The number of benzene rings is 1. The monoisotopic (exact) mass is 638 g/mol. The van der Waals surface area contributed by atoms with Gasteiger partial charge in [0.05, 0.1) is 31.0 Å². The minimum atomic E-state index is -2.49. The van der Waals surface area contributed by atoms with Crippen LogP contribution in [0.15, 0.2) is 78.9 Å². The Morgan fingerprint density at radius 1 is 1.07 bits per heavy atom. The van der Waals surface area contributed by atoms with Crippen molar-refractivity contribution in [2.45, 2.75) is 93.3 Å². The summed E-state index contributed by atoms with van der Waals surface area (Å²) in [5.74, 6) is -4.88. The highest BCUT2D eigenvalue weighted by atomic mass is 16.9. The molecule has 3 bridgehead atoms. The van der Waals surface area contributed by atoms with Gasteiger partial charge in [-0.2, -0.15) is 0 Å². The van der Waals surface area contributed by atoms with Crippen LogP contribution in [0.1, 0.15) is 46.1 Å². The molecule has 10 nitrogen and oxygen atoms in total. The number of aliphatic hydroxyl groups excluding tert-OH is 3. The molecular formula is C36H46O10. The summed E-state index contributed by atoms with van der Waals surface area (Å²) in [6.07, 6.45) is 3.70. The fraction of sp³-hybridized carbons (Fsp3) is 0.583. The number of rotatable bonds is 9. The van der Waals surface area contributed by atoms with Gasteiger partial charge in [-0.05, 0) is 56.3 Å². The van der Waals surface area contributed by atoms with Gasteiger partial charge in [0.25, 0.3) is 0 Å². The average Bonchev–Trinajstić information content (AvgIpc) is 3.39. The van der Waals surface area contributed by atoms with E-state index in [0.717, 1.165) is 0 Å². The van der Waals surface area contributed by atoms with Gasteiger partial charge in [-0.15, -0.1) is 0 Å². The van der Waals surface area contributed by atoms with E-state index >= 15 is 0 Å². The number of hydrogen-bond donors (Lipinski definition) is 5. The quantitative estimate of drug-likeness (QED) is 0.118. The minimum Gasteiger partial charge on any atom is -0.390 e. The molecule has 0 radical (unpaired) electrons. The van der Waals surface area contributed by atoms with E-state index in [1.165, 1.54) is 18.2 Å². The molecule has 2 saturated heterocycles. The molecule has 5 fully saturated rings. The number of ketones is 1. The highest BCUT2D eigenvalue weighted by molar-refractivity contribution is 5.99. The molecule has 10 heteroatoms. The summed E-state index contributed by atoms with van der Waals surface area (Å²) in [6.45, 7) is 10.9. The first-order valence-corrected chi connectivity index (χ1v) is 16.1. The lowest BCUT2D eigenvalue weighted by molar-refractivity contribution is -0.446. The van der Waals surface area contributed by atoms with Crippen molar-refractivity contribution < 1.29 is 49.3 Å². The summed E-state index contributed by atoms with van der Waals surface area (Å²) in [6, 6.07) is 9.14. The van der Waals surface area contributed by atoms with Gasteiger partial charge in [-0.25, -0.2) is 0 Å². The van der Waals surface area contributed by atoms with Gasteiger partial charge in [-0.3, -0.25) is 4.79 Å². The second kappa shape index (κ2) is 11.6. The van der Waals surface area contributed by atoms with Crippen molar-refractivity contribution in [3.63, 3.8) is 0 Å². The second-order valence-electron chi connectivity index (χ2n) is 14.0. The van der Waals surface area contributed by atoms with Gasteiger partial charge < -0.3 is 44.5 Å². The average molecular weight is 639 g/mol. The highest BCUT2D eigenvalue weighted by Crippen LogP contribution is 2.72. The minimum absolute atomic E-state index is 0.135. The van der Waals surface area contributed by atoms with E-state index in [1.807, 2.05) is 51.1 Å². The predicted octanol–water partition coefficient (Wildman–Crippen LogP) is 2.44. The molecule has 46 heavy (non-hydrogen) atoms. The molecule has 1 aromatic rings. The Labute approximate surface area is 269 Å². The second-order valence-corrected chi connectivity index (χ2v) is 14.0. The lowest BCUT2D eigenvalue weighted by atomic mass is 9.53. The van der Waals surface area contributed by atoms with Gasteiger partial charge in [-0.1, -0.05) is 75.1 Å². The third-order valence-corrected chi connectivity index (χ3v) is 11.3. The first kappa shape index (κ1) is 33.4. The number of aliphatic hydroxyl groups is 5. The Kier molecular flexibility index (Phi) is 8.40. The number of ether oxygens (including phenoxy) is 4. The number of carbonyl (C=O) groups excluding carboxylic acids is 1. The maximum atomic E-state index is 12.5. The zero-order valence-corrected chi connectivity index (χ0v) is 26.8. The first-order chi connectivity index (χ1) is 21.7. The van der Waals surface area contributed by atoms with E-state index in [1.54, 1.807) is 25.2 Å². The van der Waals surface area contributed by atoms with Crippen LogP contribution in [0, 0.1) is 23.7 Å². The van der Waals surface area contributed by atoms with Crippen LogP contribution in [0.2, 0.25) is 0 Å². The summed E-state index contributed by atoms with van der Waals surface area (Å²) >= 11 is 0. The SMILES string of the molecule is C=C(C)C12CC(C)C34OC(c5ccccc5)(OC1C3C(O)C(O)(COCC=CC(=O)C=CC=CC)C(O)C1(O)C(O)C(C)CC14)O2. The Morgan fingerprint density at radius 2 is 1.78 bits per heavy atom. The molecule has 0 aromatic heterocycles. The Morgan fingerprint density at radius 3 is 2.46 bits per heavy atom. The fourth-order valence-corrected chi connectivity index (χ4v) is 9.18. The van der Waals surface area contributed by atoms with E-state index in [9.17, 15) is 30.3 Å². The summed E-state index contributed by atoms with van der Waals surface area (Å²) in [5, 5.41) is 60.8. The maximum Gasteiger partial charge on any atom is 0.313 e. The molecule has 13 unspecified atom stereocenters. The van der Waals surface area contributed by atoms with Gasteiger partial charge in [0.2, 0.25) is 0 Å². The summed E-state index contributed by atoms with van der Waals surface area (Å²) in [7, 11) is 0. The zero-order chi connectivity index (χ0) is 33.3. The van der Waals surface area contributed by atoms with E-state index < -0.39 is 83.1 Å². The van der Waals surface area contributed by atoms with Crippen molar-refractivity contribution in [1.29, 1.82) is 0 Å². The van der Waals surface area contributed by atoms with Gasteiger partial charge in [0, 0.05) is 17.4 Å². The number of hydrogen-bond acceptors (Lipinski definition) is 10. The van der Waals surface area contributed by atoms with Crippen LogP contribution in [0.3, 0.4) is 0 Å². The summed E-state index contributed by atoms with van der Waals surface area (Å²) in [4.78, 5) is 12.1. The highest BCUT2D eigenvalue weighted by Gasteiger charge is 2.84. The molecular weight excluding hydrogens is 592 g/mol. The molecule has 0 amide bonds. The normalized spacial score (nSPS) is 47.8.